The highest BCUT2D eigenvalue weighted by Gasteiger charge is 2.21. The molecule has 0 spiro atoms. The average molecular weight is 497 g/mol. The van der Waals surface area contributed by atoms with Gasteiger partial charge in [-0.2, -0.15) is 0 Å². The number of Topliss-reactive ketones (excluding diaryl/α,β-unsaturated/α-hetero) is 1. The largest absolute Gasteiger partial charge is 0.479 e. The molecule has 11 heteroatoms. The van der Waals surface area contributed by atoms with Gasteiger partial charge in [0.05, 0.1) is 16.6 Å². The molecule has 1 N–H and O–H groups in total. The van der Waals surface area contributed by atoms with Gasteiger partial charge in [0.25, 0.3) is 0 Å². The zero-order valence-corrected chi connectivity index (χ0v) is 18.9. The van der Waals surface area contributed by atoms with Crippen molar-refractivity contribution < 1.29 is 19.4 Å². The van der Waals surface area contributed by atoms with Gasteiger partial charge in [-0.1, -0.05) is 23.2 Å². The lowest BCUT2D eigenvalue weighted by molar-refractivity contribution is -0.139. The number of aliphatic carboxylic acids is 1. The van der Waals surface area contributed by atoms with E-state index in [1.807, 2.05) is 12.1 Å². The highest BCUT2D eigenvalue weighted by Crippen LogP contribution is 2.34. The van der Waals surface area contributed by atoms with Crippen LogP contribution in [0.15, 0.2) is 36.7 Å². The molecule has 0 radical (unpaired) electrons. The molecule has 1 aromatic carbocycles. The lowest BCUT2D eigenvalue weighted by Gasteiger charge is -2.35. The van der Waals surface area contributed by atoms with E-state index >= 15 is 0 Å². The first-order valence-corrected chi connectivity index (χ1v) is 9.44. The van der Waals surface area contributed by atoms with Gasteiger partial charge in [0.1, 0.15) is 0 Å². The van der Waals surface area contributed by atoms with E-state index in [1.54, 1.807) is 12.4 Å². The quantitative estimate of drug-likeness (QED) is 0.585. The van der Waals surface area contributed by atoms with Gasteiger partial charge in [-0.25, -0.2) is 4.79 Å². The van der Waals surface area contributed by atoms with Crippen LogP contribution < -0.4 is 9.64 Å². The van der Waals surface area contributed by atoms with Gasteiger partial charge in [0, 0.05) is 49.8 Å². The second kappa shape index (κ2) is 12.2. The molecule has 0 aliphatic carbocycles. The number of pyridine rings is 1. The summed E-state index contributed by atoms with van der Waals surface area (Å²) in [7, 11) is 0. The Labute approximate surface area is 196 Å². The van der Waals surface area contributed by atoms with Crippen molar-refractivity contribution in [3.8, 4) is 5.75 Å². The topological polar surface area (TPSA) is 83.0 Å². The average Bonchev–Trinajstić information content (AvgIpc) is 2.68. The molecule has 164 valence electrons. The summed E-state index contributed by atoms with van der Waals surface area (Å²) in [5.74, 6) is -1.18. The monoisotopic (exact) mass is 495 g/mol. The van der Waals surface area contributed by atoms with Crippen LogP contribution in [0.3, 0.4) is 0 Å². The number of ketones is 1. The third kappa shape index (κ3) is 6.89. The number of carbonyl (C=O) groups is 2. The molecule has 2 aromatic rings. The molecule has 0 atom stereocenters. The molecule has 0 bridgehead atoms. The lowest BCUT2D eigenvalue weighted by atomic mass is 10.1. The standard InChI is InChI=1S/C19H19Cl2N3O4.2ClH/c20-15-9-13(10-16(21)19(15)28-12-18(26)27)17(25)11-23-5-7-24(8-6-23)14-1-3-22-4-2-14;;/h1-4,9-10H,5-8,11-12H2,(H,26,27);2*1H. The fourth-order valence-corrected chi connectivity index (χ4v) is 3.60. The van der Waals surface area contributed by atoms with Crippen molar-refractivity contribution in [3.05, 3.63) is 52.3 Å². The molecular formula is C19H21Cl4N3O4. The molecule has 0 unspecified atom stereocenters. The molecule has 1 fully saturated rings. The van der Waals surface area contributed by atoms with Crippen LogP contribution in [0.1, 0.15) is 10.4 Å². The summed E-state index contributed by atoms with van der Waals surface area (Å²) < 4.78 is 5.07. The second-order valence-electron chi connectivity index (χ2n) is 6.34. The van der Waals surface area contributed by atoms with Crippen LogP contribution in [0, 0.1) is 0 Å². The molecule has 3 rings (SSSR count). The van der Waals surface area contributed by atoms with Gasteiger partial charge in [-0.15, -0.1) is 24.8 Å². The Balaban J connectivity index is 0.00000225. The Morgan fingerprint density at radius 1 is 1.03 bits per heavy atom. The van der Waals surface area contributed by atoms with E-state index in [9.17, 15) is 9.59 Å². The first-order valence-electron chi connectivity index (χ1n) is 8.68. The number of ether oxygens (including phenoxy) is 1. The van der Waals surface area contributed by atoms with Crippen molar-refractivity contribution in [3.63, 3.8) is 0 Å². The Morgan fingerprint density at radius 2 is 1.60 bits per heavy atom. The highest BCUT2D eigenvalue weighted by atomic mass is 35.5. The first kappa shape index (κ1) is 26.3. The number of carboxylic acids is 1. The summed E-state index contributed by atoms with van der Waals surface area (Å²) >= 11 is 12.2. The molecule has 30 heavy (non-hydrogen) atoms. The Kier molecular flexibility index (Phi) is 10.7. The Morgan fingerprint density at radius 3 is 2.13 bits per heavy atom. The van der Waals surface area contributed by atoms with Crippen LogP contribution >= 0.6 is 48.0 Å². The van der Waals surface area contributed by atoms with Gasteiger partial charge in [-0.3, -0.25) is 14.7 Å². The third-order valence-corrected chi connectivity index (χ3v) is 4.99. The van der Waals surface area contributed by atoms with Crippen molar-refractivity contribution in [2.75, 3.05) is 44.2 Å². The third-order valence-electron chi connectivity index (χ3n) is 4.43. The minimum absolute atomic E-state index is 0. The molecule has 1 saturated heterocycles. The summed E-state index contributed by atoms with van der Waals surface area (Å²) in [6.07, 6.45) is 3.53. The summed E-state index contributed by atoms with van der Waals surface area (Å²) in [6, 6.07) is 6.86. The number of nitrogens with zero attached hydrogens (tertiary/aromatic N) is 3. The molecule has 1 aliphatic rings. The number of carbonyl (C=O) groups excluding carboxylic acids is 1. The molecule has 0 saturated carbocycles. The van der Waals surface area contributed by atoms with Crippen molar-refractivity contribution in [1.29, 1.82) is 0 Å². The normalized spacial score (nSPS) is 13.7. The van der Waals surface area contributed by atoms with E-state index in [2.05, 4.69) is 14.8 Å². The van der Waals surface area contributed by atoms with Crippen LogP contribution in [-0.4, -0.2) is 66.1 Å². The molecular weight excluding hydrogens is 476 g/mol. The summed E-state index contributed by atoms with van der Waals surface area (Å²) in [4.78, 5) is 31.6. The van der Waals surface area contributed by atoms with Crippen molar-refractivity contribution in [2.45, 2.75) is 0 Å². The predicted octanol–water partition coefficient (Wildman–Crippen LogP) is 3.70. The minimum Gasteiger partial charge on any atom is -0.479 e. The SMILES string of the molecule is Cl.Cl.O=C(O)COc1c(Cl)cc(C(=O)CN2CCN(c3ccncc3)CC2)cc1Cl. The van der Waals surface area contributed by atoms with Crippen molar-refractivity contribution in [2.24, 2.45) is 0 Å². The van der Waals surface area contributed by atoms with Crippen LogP contribution in [-0.2, 0) is 4.79 Å². The van der Waals surface area contributed by atoms with E-state index in [0.717, 1.165) is 31.9 Å². The van der Waals surface area contributed by atoms with E-state index < -0.39 is 12.6 Å². The predicted molar refractivity (Wildman–Crippen MR) is 121 cm³/mol. The smallest absolute Gasteiger partial charge is 0.341 e. The zero-order valence-electron chi connectivity index (χ0n) is 15.8. The lowest BCUT2D eigenvalue weighted by Crippen LogP contribution is -2.48. The van der Waals surface area contributed by atoms with E-state index in [1.165, 1.54) is 12.1 Å². The number of aromatic nitrogens is 1. The van der Waals surface area contributed by atoms with Crippen molar-refractivity contribution in [1.82, 2.24) is 9.88 Å². The van der Waals surface area contributed by atoms with Gasteiger partial charge < -0.3 is 14.7 Å². The Hall–Kier alpha value is -1.77. The number of hydrogen-bond donors (Lipinski definition) is 1. The zero-order chi connectivity index (χ0) is 20.1. The molecule has 1 aromatic heterocycles. The number of hydrogen-bond acceptors (Lipinski definition) is 6. The molecule has 0 amide bonds. The summed E-state index contributed by atoms with van der Waals surface area (Å²) in [6.45, 7) is 2.85. The first-order chi connectivity index (χ1) is 13.4. The maximum Gasteiger partial charge on any atom is 0.341 e. The molecule has 2 heterocycles. The summed E-state index contributed by atoms with van der Waals surface area (Å²) in [5.41, 5.74) is 1.49. The van der Waals surface area contributed by atoms with Gasteiger partial charge >= 0.3 is 5.97 Å². The number of piperazine rings is 1. The van der Waals surface area contributed by atoms with Crippen LogP contribution in [0.25, 0.3) is 0 Å². The van der Waals surface area contributed by atoms with Gasteiger partial charge in [-0.05, 0) is 24.3 Å². The van der Waals surface area contributed by atoms with E-state index in [-0.39, 0.29) is 52.9 Å². The second-order valence-corrected chi connectivity index (χ2v) is 7.16. The number of halogens is 4. The molecule has 1 aliphatic heterocycles. The van der Waals surface area contributed by atoms with Gasteiger partial charge in [0.2, 0.25) is 0 Å². The van der Waals surface area contributed by atoms with Gasteiger partial charge in [0.15, 0.2) is 18.1 Å². The number of rotatable bonds is 7. The highest BCUT2D eigenvalue weighted by molar-refractivity contribution is 6.37. The fourth-order valence-electron chi connectivity index (χ4n) is 3.01. The minimum atomic E-state index is -1.14. The number of benzene rings is 1. The maximum atomic E-state index is 12.6. The fraction of sp³-hybridized carbons (Fsp3) is 0.316. The summed E-state index contributed by atoms with van der Waals surface area (Å²) in [5, 5.41) is 8.92. The maximum absolute atomic E-state index is 12.6. The van der Waals surface area contributed by atoms with Crippen LogP contribution in [0.5, 0.6) is 5.75 Å². The van der Waals surface area contributed by atoms with E-state index in [0.29, 0.717) is 5.56 Å². The number of carboxylic acid groups (broad SMARTS) is 1. The van der Waals surface area contributed by atoms with Crippen LogP contribution in [0.4, 0.5) is 5.69 Å². The molecule has 7 nitrogen and oxygen atoms in total. The number of anilines is 1. The van der Waals surface area contributed by atoms with E-state index in [4.69, 9.17) is 33.0 Å². The van der Waals surface area contributed by atoms with Crippen molar-refractivity contribution >= 4 is 65.5 Å². The van der Waals surface area contributed by atoms with Crippen LogP contribution in [0.2, 0.25) is 10.0 Å². The Bertz CT molecular complexity index is 839.